The van der Waals surface area contributed by atoms with Crippen molar-refractivity contribution in [3.8, 4) is 28.7 Å². The van der Waals surface area contributed by atoms with Crippen molar-refractivity contribution < 1.29 is 33.3 Å². The molecule has 0 fully saturated rings. The summed E-state index contributed by atoms with van der Waals surface area (Å²) in [5.74, 6) is -0.647. The number of Topliss-reactive ketones (excluding diaryl/α,β-unsaturated/α-hetero) is 2. The zero-order valence-corrected chi connectivity index (χ0v) is 30.0. The number of halogens is 1. The molecule has 4 heterocycles. The highest BCUT2D eigenvalue weighted by atomic mass is 35.5. The summed E-state index contributed by atoms with van der Waals surface area (Å²) < 4.78 is 31.5. The van der Waals surface area contributed by atoms with Crippen molar-refractivity contribution >= 4 is 29.0 Å². The summed E-state index contributed by atoms with van der Waals surface area (Å²) in [5.41, 5.74) is 0.773. The van der Waals surface area contributed by atoms with Crippen LogP contribution < -0.4 is 40.3 Å². The highest BCUT2D eigenvalue weighted by molar-refractivity contribution is 6.36. The number of fused-ring (bicyclic) bond motifs is 3. The van der Waals surface area contributed by atoms with Crippen molar-refractivity contribution in [3.05, 3.63) is 113 Å². The van der Waals surface area contributed by atoms with Crippen LogP contribution in [0.2, 0.25) is 5.02 Å². The molecule has 12 nitrogen and oxygen atoms in total. The molecular weight excluding hydrogens is 690 g/mol. The fraction of sp³-hybridized carbons (Fsp3) is 0.333. The number of ether oxygens (including phenoxy) is 5. The fourth-order valence-electron chi connectivity index (χ4n) is 7.96. The molecule has 52 heavy (non-hydrogen) atoms. The van der Waals surface area contributed by atoms with E-state index in [0.29, 0.717) is 36.6 Å². The molecule has 0 radical (unpaired) electrons. The van der Waals surface area contributed by atoms with Gasteiger partial charge in [0.1, 0.15) is 39.4 Å². The molecule has 4 aromatic rings. The predicted octanol–water partition coefficient (Wildman–Crippen LogP) is 4.75. The van der Waals surface area contributed by atoms with E-state index in [0.717, 1.165) is 22.3 Å². The molecule has 0 saturated carbocycles. The van der Waals surface area contributed by atoms with Crippen molar-refractivity contribution in [2.24, 2.45) is 20.0 Å². The second-order valence-corrected chi connectivity index (χ2v) is 13.9. The van der Waals surface area contributed by atoms with Crippen LogP contribution in [-0.4, -0.2) is 53.7 Å². The SMILES string of the molecule is COc1cc(OC)c2c(c1Cl)O[C@@]1(C(=O)C3=C(C[C@H]1C)Nc1c(c(=O)n(C)c(=O)n1C)[C@H]3c1ccc(OCCc3ccc4c(c3)CCO4)cc1)C2=O. The Balaban J connectivity index is 1.18. The van der Waals surface area contributed by atoms with Crippen molar-refractivity contribution in [2.75, 3.05) is 32.8 Å². The van der Waals surface area contributed by atoms with Gasteiger partial charge in [-0.25, -0.2) is 4.79 Å². The van der Waals surface area contributed by atoms with Gasteiger partial charge in [-0.05, 0) is 41.3 Å². The summed E-state index contributed by atoms with van der Waals surface area (Å²) in [4.78, 5) is 56.7. The quantitative estimate of drug-likeness (QED) is 0.266. The first-order valence-electron chi connectivity index (χ1n) is 17.0. The van der Waals surface area contributed by atoms with Crippen LogP contribution in [0.5, 0.6) is 28.7 Å². The number of rotatable bonds is 7. The van der Waals surface area contributed by atoms with Crippen LogP contribution in [0.15, 0.2) is 69.4 Å². The minimum absolute atomic E-state index is 0.000805. The van der Waals surface area contributed by atoms with Crippen molar-refractivity contribution in [1.29, 1.82) is 0 Å². The molecule has 1 N–H and O–H groups in total. The molecule has 13 heteroatoms. The number of nitrogens with zero attached hydrogens (tertiary/aromatic N) is 2. The molecule has 0 saturated heterocycles. The maximum atomic E-state index is 15.1. The Morgan fingerprint density at radius 1 is 0.962 bits per heavy atom. The van der Waals surface area contributed by atoms with Gasteiger partial charge in [-0.2, -0.15) is 0 Å². The molecule has 268 valence electrons. The summed E-state index contributed by atoms with van der Waals surface area (Å²) in [6.07, 6.45) is 1.78. The van der Waals surface area contributed by atoms with Gasteiger partial charge in [0.15, 0.2) is 5.75 Å². The molecule has 1 aromatic heterocycles. The van der Waals surface area contributed by atoms with Crippen LogP contribution in [0.4, 0.5) is 5.82 Å². The van der Waals surface area contributed by atoms with Gasteiger partial charge < -0.3 is 29.0 Å². The Hall–Kier alpha value is -5.49. The number of ketones is 2. The Kier molecular flexibility index (Phi) is 7.98. The summed E-state index contributed by atoms with van der Waals surface area (Å²) in [7, 11) is 5.79. The number of allylic oxidation sites excluding steroid dienone is 1. The number of hydrogen-bond donors (Lipinski definition) is 1. The second-order valence-electron chi connectivity index (χ2n) is 13.5. The first kappa shape index (κ1) is 33.6. The van der Waals surface area contributed by atoms with E-state index < -0.39 is 40.3 Å². The van der Waals surface area contributed by atoms with Crippen molar-refractivity contribution in [1.82, 2.24) is 9.13 Å². The number of hydrogen-bond acceptors (Lipinski definition) is 10. The number of carbonyl (C=O) groups excluding carboxylic acids is 2. The number of benzene rings is 3. The second kappa shape index (κ2) is 12.3. The standard InChI is InChI=1S/C39H36ClN3O9/c1-19-16-24-29(34(44)39(19)35(45)30-26(48-4)18-27(49-5)32(40)33(30)52-39)28(31-36(41-24)42(2)38(47)43(3)37(31)46)21-7-9-23(10-8-21)50-14-12-20-6-11-25-22(17-20)13-15-51-25/h6-11,17-19,28,41H,12-16H2,1-5H3/t19-,28+,39+/m1/s1. The number of carbonyl (C=O) groups is 2. The Bertz CT molecular complexity index is 2360. The molecule has 3 aromatic carbocycles. The van der Waals surface area contributed by atoms with E-state index in [9.17, 15) is 14.4 Å². The lowest BCUT2D eigenvalue weighted by Gasteiger charge is -2.42. The molecule has 0 amide bonds. The van der Waals surface area contributed by atoms with Gasteiger partial charge in [0.2, 0.25) is 17.2 Å². The zero-order chi connectivity index (χ0) is 36.6. The molecule has 3 aliphatic heterocycles. The molecule has 4 aliphatic rings. The van der Waals surface area contributed by atoms with Crippen LogP contribution >= 0.6 is 11.6 Å². The van der Waals surface area contributed by atoms with Gasteiger partial charge in [-0.3, -0.25) is 23.5 Å². The average molecular weight is 726 g/mol. The number of anilines is 1. The number of aromatic nitrogens is 2. The maximum absolute atomic E-state index is 15.1. The number of methoxy groups -OCH3 is 2. The van der Waals surface area contributed by atoms with E-state index in [1.807, 2.05) is 12.1 Å². The Morgan fingerprint density at radius 3 is 2.44 bits per heavy atom. The van der Waals surface area contributed by atoms with E-state index in [1.165, 1.54) is 37.5 Å². The molecule has 3 atom stereocenters. The smallest absolute Gasteiger partial charge is 0.332 e. The molecular formula is C39H36ClN3O9. The van der Waals surface area contributed by atoms with Crippen molar-refractivity contribution in [3.63, 3.8) is 0 Å². The fourth-order valence-corrected chi connectivity index (χ4v) is 8.23. The minimum Gasteiger partial charge on any atom is -0.496 e. The largest absolute Gasteiger partial charge is 0.496 e. The maximum Gasteiger partial charge on any atom is 0.332 e. The van der Waals surface area contributed by atoms with Gasteiger partial charge in [-0.1, -0.05) is 42.8 Å². The van der Waals surface area contributed by atoms with Gasteiger partial charge in [0, 0.05) is 56.1 Å². The summed E-state index contributed by atoms with van der Waals surface area (Å²) in [5, 5.41) is 3.28. The monoisotopic (exact) mass is 725 g/mol. The minimum atomic E-state index is -2.00. The van der Waals surface area contributed by atoms with Crippen LogP contribution in [-0.2, 0) is 31.7 Å². The lowest BCUT2D eigenvalue weighted by Crippen LogP contribution is -2.58. The van der Waals surface area contributed by atoms with Crippen LogP contribution in [0.1, 0.15) is 51.9 Å². The Labute approximate surface area is 303 Å². The molecule has 1 aliphatic carbocycles. The van der Waals surface area contributed by atoms with E-state index >= 15 is 4.79 Å². The average Bonchev–Trinajstić information content (AvgIpc) is 3.75. The summed E-state index contributed by atoms with van der Waals surface area (Å²) >= 11 is 6.67. The van der Waals surface area contributed by atoms with Crippen LogP contribution in [0, 0.1) is 5.92 Å². The first-order chi connectivity index (χ1) is 25.0. The zero-order valence-electron chi connectivity index (χ0n) is 29.3. The summed E-state index contributed by atoms with van der Waals surface area (Å²) in [6, 6.07) is 14.8. The third kappa shape index (κ3) is 4.80. The van der Waals surface area contributed by atoms with Crippen LogP contribution in [0.25, 0.3) is 0 Å². The molecule has 1 spiro atoms. The van der Waals surface area contributed by atoms with Gasteiger partial charge in [0.05, 0.1) is 33.0 Å². The predicted molar refractivity (Wildman–Crippen MR) is 192 cm³/mol. The van der Waals surface area contributed by atoms with E-state index in [2.05, 4.69) is 11.4 Å². The normalized spacial score (nSPS) is 21.1. The first-order valence-corrected chi connectivity index (χ1v) is 17.4. The lowest BCUT2D eigenvalue weighted by molar-refractivity contribution is -0.130. The summed E-state index contributed by atoms with van der Waals surface area (Å²) in [6.45, 7) is 2.88. The molecule has 0 unspecified atom stereocenters. The third-order valence-electron chi connectivity index (χ3n) is 10.7. The van der Waals surface area contributed by atoms with Gasteiger partial charge in [0.25, 0.3) is 5.56 Å². The van der Waals surface area contributed by atoms with E-state index in [-0.39, 0.29) is 51.2 Å². The van der Waals surface area contributed by atoms with Gasteiger partial charge >= 0.3 is 5.69 Å². The molecule has 8 rings (SSSR count). The van der Waals surface area contributed by atoms with Crippen molar-refractivity contribution in [2.45, 2.75) is 37.7 Å². The lowest BCUT2D eigenvalue weighted by atomic mass is 9.66. The van der Waals surface area contributed by atoms with E-state index in [4.69, 9.17) is 35.3 Å². The van der Waals surface area contributed by atoms with Crippen LogP contribution in [0.3, 0.4) is 0 Å². The molecule has 0 bridgehead atoms. The Morgan fingerprint density at radius 2 is 1.71 bits per heavy atom. The van der Waals surface area contributed by atoms with E-state index in [1.54, 1.807) is 38.2 Å². The third-order valence-corrected chi connectivity index (χ3v) is 11.1. The topological polar surface area (TPSA) is 136 Å². The number of nitrogens with one attached hydrogen (secondary N) is 1. The highest BCUT2D eigenvalue weighted by Gasteiger charge is 2.63. The highest BCUT2D eigenvalue weighted by Crippen LogP contribution is 2.56. The van der Waals surface area contributed by atoms with Gasteiger partial charge in [-0.15, -0.1) is 0 Å².